The van der Waals surface area contributed by atoms with E-state index in [1.807, 2.05) is 0 Å². The molecule has 0 rings (SSSR count). The third-order valence-corrected chi connectivity index (χ3v) is 3.19. The molecular weight excluding hydrogens is 228 g/mol. The molecule has 0 aliphatic carbocycles. The van der Waals surface area contributed by atoms with Crippen molar-refractivity contribution in [2.75, 3.05) is 13.2 Å². The maximum absolute atomic E-state index is 11.0. The molecule has 4 nitrogen and oxygen atoms in total. The maximum Gasteiger partial charge on any atom is 0.237 e. The Morgan fingerprint density at radius 3 is 2.22 bits per heavy atom. The van der Waals surface area contributed by atoms with E-state index in [0.29, 0.717) is 13.0 Å². The van der Waals surface area contributed by atoms with Crippen molar-refractivity contribution in [1.82, 2.24) is 0 Å². The molecule has 0 aromatic rings. The zero-order valence-electron chi connectivity index (χ0n) is 12.0. The van der Waals surface area contributed by atoms with Crippen LogP contribution in [0.1, 0.15) is 65.2 Å². The summed E-state index contributed by atoms with van der Waals surface area (Å²) in [6, 6.07) is 0. The highest BCUT2D eigenvalue weighted by Crippen LogP contribution is 2.08. The molecule has 0 heterocycles. The minimum absolute atomic E-state index is 0.446. The van der Waals surface area contributed by atoms with Gasteiger partial charge in [0.25, 0.3) is 0 Å². The molecule has 4 heteroatoms. The predicted molar refractivity (Wildman–Crippen MR) is 75.2 cm³/mol. The van der Waals surface area contributed by atoms with Crippen molar-refractivity contribution in [1.29, 1.82) is 0 Å². The van der Waals surface area contributed by atoms with E-state index in [2.05, 4.69) is 6.92 Å². The maximum atomic E-state index is 11.0. The molecule has 4 N–H and O–H groups in total. The molecule has 0 saturated heterocycles. The van der Waals surface area contributed by atoms with Crippen molar-refractivity contribution in [2.24, 2.45) is 11.5 Å². The van der Waals surface area contributed by atoms with E-state index in [1.54, 1.807) is 6.92 Å². The molecule has 18 heavy (non-hydrogen) atoms. The zero-order chi connectivity index (χ0) is 13.9. The van der Waals surface area contributed by atoms with Crippen LogP contribution in [0.2, 0.25) is 0 Å². The van der Waals surface area contributed by atoms with Crippen LogP contribution in [0.15, 0.2) is 0 Å². The number of primary amides is 1. The Bertz CT molecular complexity index is 218. The normalized spacial score (nSPS) is 14.4. The summed E-state index contributed by atoms with van der Waals surface area (Å²) in [4.78, 5) is 11.0. The van der Waals surface area contributed by atoms with Gasteiger partial charge in [0.15, 0.2) is 0 Å². The second-order valence-corrected chi connectivity index (χ2v) is 5.27. The number of unbranched alkanes of at least 4 members (excludes halogenated alkanes) is 5. The predicted octanol–water partition coefficient (Wildman–Crippen LogP) is 2.35. The van der Waals surface area contributed by atoms with Gasteiger partial charge in [0.1, 0.15) is 0 Å². The number of rotatable bonds is 12. The summed E-state index contributed by atoms with van der Waals surface area (Å²) in [7, 11) is 0. The van der Waals surface area contributed by atoms with Crippen LogP contribution in [0.4, 0.5) is 0 Å². The van der Waals surface area contributed by atoms with E-state index in [9.17, 15) is 4.79 Å². The fraction of sp³-hybridized carbons (Fsp3) is 0.929. The lowest BCUT2D eigenvalue weighted by molar-refractivity contribution is -0.122. The van der Waals surface area contributed by atoms with Crippen LogP contribution in [0.3, 0.4) is 0 Å². The smallest absolute Gasteiger partial charge is 0.237 e. The molecule has 1 atom stereocenters. The summed E-state index contributed by atoms with van der Waals surface area (Å²) in [5.41, 5.74) is 10.0. The average Bonchev–Trinajstić information content (AvgIpc) is 2.31. The van der Waals surface area contributed by atoms with E-state index in [0.717, 1.165) is 19.4 Å². The molecule has 0 aromatic heterocycles. The zero-order valence-corrected chi connectivity index (χ0v) is 12.0. The van der Waals surface area contributed by atoms with Crippen molar-refractivity contribution in [3.8, 4) is 0 Å². The second-order valence-electron chi connectivity index (χ2n) is 5.27. The van der Waals surface area contributed by atoms with E-state index < -0.39 is 11.4 Å². The van der Waals surface area contributed by atoms with Crippen LogP contribution in [0.25, 0.3) is 0 Å². The lowest BCUT2D eigenvalue weighted by Crippen LogP contribution is -2.49. The van der Waals surface area contributed by atoms with Gasteiger partial charge in [-0.25, -0.2) is 0 Å². The number of hydrogen-bond donors (Lipinski definition) is 2. The van der Waals surface area contributed by atoms with Gasteiger partial charge in [0, 0.05) is 13.2 Å². The minimum atomic E-state index is -0.899. The van der Waals surface area contributed by atoms with E-state index >= 15 is 0 Å². The Labute approximate surface area is 111 Å². The molecule has 0 spiro atoms. The quantitative estimate of drug-likeness (QED) is 0.527. The highest BCUT2D eigenvalue weighted by molar-refractivity contribution is 5.83. The van der Waals surface area contributed by atoms with Crippen LogP contribution in [-0.2, 0) is 9.53 Å². The van der Waals surface area contributed by atoms with Crippen LogP contribution in [0, 0.1) is 0 Å². The number of nitrogens with two attached hydrogens (primary N) is 2. The van der Waals surface area contributed by atoms with Crippen LogP contribution >= 0.6 is 0 Å². The minimum Gasteiger partial charge on any atom is -0.381 e. The van der Waals surface area contributed by atoms with Gasteiger partial charge in [0.05, 0.1) is 5.54 Å². The van der Waals surface area contributed by atoms with Crippen molar-refractivity contribution in [3.05, 3.63) is 0 Å². The number of carbonyl (C=O) groups is 1. The molecule has 0 aromatic carbocycles. The van der Waals surface area contributed by atoms with Crippen LogP contribution < -0.4 is 11.5 Å². The lowest BCUT2D eigenvalue weighted by atomic mass is 9.97. The van der Waals surface area contributed by atoms with Gasteiger partial charge in [-0.1, -0.05) is 39.0 Å². The molecule has 0 saturated carbocycles. The third kappa shape index (κ3) is 9.42. The number of carbonyl (C=O) groups excluding carboxylic acids is 1. The Morgan fingerprint density at radius 2 is 1.61 bits per heavy atom. The molecule has 108 valence electrons. The number of hydrogen-bond acceptors (Lipinski definition) is 3. The highest BCUT2D eigenvalue weighted by atomic mass is 16.5. The number of ether oxygens (including phenoxy) is 1. The van der Waals surface area contributed by atoms with Gasteiger partial charge in [-0.3, -0.25) is 4.79 Å². The third-order valence-electron chi connectivity index (χ3n) is 3.19. The van der Waals surface area contributed by atoms with Gasteiger partial charge in [-0.2, -0.15) is 0 Å². The summed E-state index contributed by atoms with van der Waals surface area (Å²) in [6.07, 6.45) is 9.00. The SMILES string of the molecule is CCCCCCCCOCCCC(C)(N)C(N)=O. The van der Waals surface area contributed by atoms with Crippen molar-refractivity contribution < 1.29 is 9.53 Å². The van der Waals surface area contributed by atoms with Crippen molar-refractivity contribution in [2.45, 2.75) is 70.8 Å². The Balaban J connectivity index is 3.24. The Morgan fingerprint density at radius 1 is 1.06 bits per heavy atom. The molecule has 0 bridgehead atoms. The van der Waals surface area contributed by atoms with Crippen LogP contribution in [-0.4, -0.2) is 24.7 Å². The molecule has 1 amide bonds. The largest absolute Gasteiger partial charge is 0.381 e. The fourth-order valence-corrected chi connectivity index (χ4v) is 1.75. The lowest BCUT2D eigenvalue weighted by Gasteiger charge is -2.19. The molecule has 1 unspecified atom stereocenters. The van der Waals surface area contributed by atoms with Gasteiger partial charge >= 0.3 is 0 Å². The Hall–Kier alpha value is -0.610. The molecular formula is C14H30N2O2. The highest BCUT2D eigenvalue weighted by Gasteiger charge is 2.24. The first-order valence-electron chi connectivity index (χ1n) is 7.17. The first kappa shape index (κ1) is 17.4. The van der Waals surface area contributed by atoms with Crippen molar-refractivity contribution in [3.63, 3.8) is 0 Å². The molecule has 0 radical (unpaired) electrons. The molecule has 0 fully saturated rings. The van der Waals surface area contributed by atoms with E-state index in [1.165, 1.54) is 32.1 Å². The molecule has 0 aliphatic rings. The molecule has 0 aliphatic heterocycles. The van der Waals surface area contributed by atoms with E-state index in [-0.39, 0.29) is 0 Å². The number of amides is 1. The van der Waals surface area contributed by atoms with E-state index in [4.69, 9.17) is 16.2 Å². The summed E-state index contributed by atoms with van der Waals surface area (Å²) in [5.74, 6) is -0.446. The topological polar surface area (TPSA) is 78.3 Å². The summed E-state index contributed by atoms with van der Waals surface area (Å²) in [5, 5.41) is 0. The van der Waals surface area contributed by atoms with Gasteiger partial charge in [-0.15, -0.1) is 0 Å². The first-order valence-corrected chi connectivity index (χ1v) is 7.17. The second kappa shape index (κ2) is 10.3. The monoisotopic (exact) mass is 258 g/mol. The summed E-state index contributed by atoms with van der Waals surface area (Å²) in [6.45, 7) is 5.36. The van der Waals surface area contributed by atoms with Crippen LogP contribution in [0.5, 0.6) is 0 Å². The van der Waals surface area contributed by atoms with Gasteiger partial charge in [-0.05, 0) is 26.2 Å². The van der Waals surface area contributed by atoms with Gasteiger partial charge in [0.2, 0.25) is 5.91 Å². The summed E-state index contributed by atoms with van der Waals surface area (Å²) >= 11 is 0. The Kier molecular flexibility index (Phi) is 9.98. The first-order chi connectivity index (χ1) is 8.50. The standard InChI is InChI=1S/C14H30N2O2/c1-3-4-5-6-7-8-11-18-12-9-10-14(2,16)13(15)17/h3-12,16H2,1-2H3,(H2,15,17). The summed E-state index contributed by atoms with van der Waals surface area (Å²) < 4.78 is 5.51. The van der Waals surface area contributed by atoms with Gasteiger partial charge < -0.3 is 16.2 Å². The fourth-order valence-electron chi connectivity index (χ4n) is 1.75. The van der Waals surface area contributed by atoms with Crippen molar-refractivity contribution >= 4 is 5.91 Å². The average molecular weight is 258 g/mol.